The molecule has 0 aromatic carbocycles. The molecule has 1 aliphatic rings. The number of nitrogens with zero attached hydrogens (tertiary/aromatic N) is 2. The van der Waals surface area contributed by atoms with Crippen molar-refractivity contribution in [2.45, 2.75) is 46.1 Å². The molecule has 1 rings (SSSR count). The molecule has 1 fully saturated rings. The fourth-order valence-electron chi connectivity index (χ4n) is 2.52. The van der Waals surface area contributed by atoms with Crippen LogP contribution < -0.4 is 5.73 Å². The monoisotopic (exact) mass is 271 g/mol. The Bertz CT molecular complexity index is 278. The highest BCUT2D eigenvalue weighted by atomic mass is 32.1. The van der Waals surface area contributed by atoms with E-state index in [1.54, 1.807) is 0 Å². The molecular weight excluding hydrogens is 242 g/mol. The second-order valence-corrected chi connectivity index (χ2v) is 6.63. The second-order valence-electron chi connectivity index (χ2n) is 6.19. The Kier molecular flexibility index (Phi) is 6.02. The fraction of sp³-hybridized carbons (Fsp3) is 0.929. The predicted molar refractivity (Wildman–Crippen MR) is 82.9 cm³/mol. The quantitative estimate of drug-likeness (QED) is 0.750. The largest absolute Gasteiger partial charge is 0.393 e. The SMILES string of the molecule is CCC1CN(CCCC(C)(C)C(N)=S)CCN1C. The molecule has 1 atom stereocenters. The average molecular weight is 271 g/mol. The summed E-state index contributed by atoms with van der Waals surface area (Å²) in [4.78, 5) is 5.71. The molecular formula is C14H29N3S. The van der Waals surface area contributed by atoms with Gasteiger partial charge in [0.2, 0.25) is 0 Å². The molecule has 0 aromatic heterocycles. The molecule has 2 N–H and O–H groups in total. The maximum atomic E-state index is 5.76. The molecule has 1 aliphatic heterocycles. The molecule has 1 unspecified atom stereocenters. The maximum absolute atomic E-state index is 5.76. The van der Waals surface area contributed by atoms with Crippen molar-refractivity contribution in [2.24, 2.45) is 11.1 Å². The van der Waals surface area contributed by atoms with Gasteiger partial charge in [0, 0.05) is 31.1 Å². The molecule has 106 valence electrons. The van der Waals surface area contributed by atoms with Crippen LogP contribution in [-0.2, 0) is 0 Å². The number of nitrogens with two attached hydrogens (primary N) is 1. The molecule has 0 radical (unpaired) electrons. The molecule has 0 saturated carbocycles. The van der Waals surface area contributed by atoms with E-state index < -0.39 is 0 Å². The van der Waals surface area contributed by atoms with Crippen molar-refractivity contribution in [1.82, 2.24) is 9.80 Å². The van der Waals surface area contributed by atoms with E-state index in [4.69, 9.17) is 18.0 Å². The molecule has 0 amide bonds. The second kappa shape index (κ2) is 6.83. The number of rotatable bonds is 6. The maximum Gasteiger partial charge on any atom is 0.0784 e. The van der Waals surface area contributed by atoms with Crippen LogP contribution in [0.4, 0.5) is 0 Å². The smallest absolute Gasteiger partial charge is 0.0784 e. The van der Waals surface area contributed by atoms with E-state index in [9.17, 15) is 0 Å². The van der Waals surface area contributed by atoms with Gasteiger partial charge in [-0.2, -0.15) is 0 Å². The van der Waals surface area contributed by atoms with Crippen LogP contribution in [0.5, 0.6) is 0 Å². The van der Waals surface area contributed by atoms with E-state index in [-0.39, 0.29) is 5.41 Å². The van der Waals surface area contributed by atoms with Crippen molar-refractivity contribution < 1.29 is 0 Å². The van der Waals surface area contributed by atoms with E-state index in [1.165, 1.54) is 39.0 Å². The lowest BCUT2D eigenvalue weighted by Gasteiger charge is -2.39. The minimum absolute atomic E-state index is 0.00602. The van der Waals surface area contributed by atoms with Gasteiger partial charge in [-0.25, -0.2) is 0 Å². The van der Waals surface area contributed by atoms with Crippen molar-refractivity contribution in [3.63, 3.8) is 0 Å². The molecule has 0 bridgehead atoms. The van der Waals surface area contributed by atoms with Gasteiger partial charge in [0.25, 0.3) is 0 Å². The summed E-state index contributed by atoms with van der Waals surface area (Å²) in [6.45, 7) is 11.3. The molecule has 18 heavy (non-hydrogen) atoms. The molecule has 3 nitrogen and oxygen atoms in total. The summed E-state index contributed by atoms with van der Waals surface area (Å²) in [7, 11) is 2.24. The first-order valence-corrected chi connectivity index (χ1v) is 7.50. The van der Waals surface area contributed by atoms with Crippen molar-refractivity contribution >= 4 is 17.2 Å². The normalized spacial score (nSPS) is 23.2. The summed E-state index contributed by atoms with van der Waals surface area (Å²) in [5.74, 6) is 0. The lowest BCUT2D eigenvalue weighted by atomic mass is 9.88. The highest BCUT2D eigenvalue weighted by Gasteiger charge is 2.24. The Morgan fingerprint density at radius 2 is 2.06 bits per heavy atom. The van der Waals surface area contributed by atoms with Crippen LogP contribution in [-0.4, -0.2) is 54.1 Å². The van der Waals surface area contributed by atoms with Gasteiger partial charge < -0.3 is 15.5 Å². The Hall–Kier alpha value is -0.190. The first-order valence-electron chi connectivity index (χ1n) is 7.09. The van der Waals surface area contributed by atoms with Gasteiger partial charge in [-0.15, -0.1) is 0 Å². The van der Waals surface area contributed by atoms with Gasteiger partial charge in [0.05, 0.1) is 4.99 Å². The summed E-state index contributed by atoms with van der Waals surface area (Å²) in [5, 5.41) is 0. The Morgan fingerprint density at radius 3 is 2.61 bits per heavy atom. The summed E-state index contributed by atoms with van der Waals surface area (Å²) in [5.41, 5.74) is 5.77. The standard InChI is InChI=1S/C14H29N3S/c1-5-12-11-17(10-9-16(12)4)8-6-7-14(2,3)13(15)18/h12H,5-11H2,1-4H3,(H2,15,18). The van der Waals surface area contributed by atoms with Gasteiger partial charge in [-0.3, -0.25) is 0 Å². The van der Waals surface area contributed by atoms with Crippen LogP contribution >= 0.6 is 12.2 Å². The van der Waals surface area contributed by atoms with Crippen LogP contribution in [0.2, 0.25) is 0 Å². The third-order valence-corrected chi connectivity index (χ3v) is 4.83. The third-order valence-electron chi connectivity index (χ3n) is 4.28. The van der Waals surface area contributed by atoms with Gasteiger partial charge in [0.1, 0.15) is 0 Å². The number of piperazine rings is 1. The number of hydrogen-bond acceptors (Lipinski definition) is 3. The van der Waals surface area contributed by atoms with Crippen LogP contribution in [0.1, 0.15) is 40.0 Å². The lowest BCUT2D eigenvalue weighted by molar-refractivity contribution is 0.0908. The first kappa shape index (κ1) is 15.9. The van der Waals surface area contributed by atoms with E-state index >= 15 is 0 Å². The summed E-state index contributed by atoms with van der Waals surface area (Å²) >= 11 is 5.11. The summed E-state index contributed by atoms with van der Waals surface area (Å²) < 4.78 is 0. The van der Waals surface area contributed by atoms with Crippen LogP contribution in [0, 0.1) is 5.41 Å². The van der Waals surface area contributed by atoms with E-state index in [0.29, 0.717) is 4.99 Å². The van der Waals surface area contributed by atoms with Crippen LogP contribution in [0.3, 0.4) is 0 Å². The van der Waals surface area contributed by atoms with E-state index in [0.717, 1.165) is 12.5 Å². The van der Waals surface area contributed by atoms with Crippen LogP contribution in [0.15, 0.2) is 0 Å². The van der Waals surface area contributed by atoms with Crippen molar-refractivity contribution in [1.29, 1.82) is 0 Å². The van der Waals surface area contributed by atoms with E-state index in [2.05, 4.69) is 37.6 Å². The minimum atomic E-state index is 0.00602. The van der Waals surface area contributed by atoms with Gasteiger partial charge >= 0.3 is 0 Å². The number of hydrogen-bond donors (Lipinski definition) is 1. The van der Waals surface area contributed by atoms with Gasteiger partial charge in [0.15, 0.2) is 0 Å². The lowest BCUT2D eigenvalue weighted by Crippen LogP contribution is -2.51. The van der Waals surface area contributed by atoms with Gasteiger partial charge in [-0.1, -0.05) is 33.0 Å². The third kappa shape index (κ3) is 4.48. The Balaban J connectivity index is 2.30. The van der Waals surface area contributed by atoms with Crippen molar-refractivity contribution in [2.75, 3.05) is 33.2 Å². The summed E-state index contributed by atoms with van der Waals surface area (Å²) in [6, 6.07) is 0.724. The molecule has 0 spiro atoms. The Morgan fingerprint density at radius 1 is 1.39 bits per heavy atom. The Labute approximate surface area is 118 Å². The molecule has 1 saturated heterocycles. The zero-order chi connectivity index (χ0) is 13.8. The fourth-order valence-corrected chi connectivity index (χ4v) is 2.62. The van der Waals surface area contributed by atoms with Crippen molar-refractivity contribution in [3.8, 4) is 0 Å². The zero-order valence-electron chi connectivity index (χ0n) is 12.4. The minimum Gasteiger partial charge on any atom is -0.393 e. The molecule has 4 heteroatoms. The molecule has 0 aliphatic carbocycles. The topological polar surface area (TPSA) is 32.5 Å². The average Bonchev–Trinajstić information content (AvgIpc) is 2.31. The first-order chi connectivity index (χ1) is 8.36. The highest BCUT2D eigenvalue weighted by Crippen LogP contribution is 2.23. The van der Waals surface area contributed by atoms with Crippen molar-refractivity contribution in [3.05, 3.63) is 0 Å². The number of likely N-dealkylation sites (N-methyl/N-ethyl adjacent to an activating group) is 1. The summed E-state index contributed by atoms with van der Waals surface area (Å²) in [6.07, 6.45) is 3.52. The van der Waals surface area contributed by atoms with Gasteiger partial charge in [-0.05, 0) is 32.9 Å². The predicted octanol–water partition coefficient (Wildman–Crippen LogP) is 2.10. The molecule has 1 heterocycles. The zero-order valence-corrected chi connectivity index (χ0v) is 13.2. The molecule has 0 aromatic rings. The number of thiocarbonyl (C=S) groups is 1. The van der Waals surface area contributed by atoms with Crippen LogP contribution in [0.25, 0.3) is 0 Å². The highest BCUT2D eigenvalue weighted by molar-refractivity contribution is 7.80. The van der Waals surface area contributed by atoms with E-state index in [1.807, 2.05) is 0 Å².